The number of nitrogens with one attached hydrogen (secondary N) is 2. The van der Waals surface area contributed by atoms with E-state index < -0.39 is 11.4 Å². The maximum absolute atomic E-state index is 12.5. The summed E-state index contributed by atoms with van der Waals surface area (Å²) < 4.78 is 0.825. The standard InChI is InChI=1S/C14H17IN2O3/c1-2-14(5-6-16-8-14)13(20)17-11-4-3-9(15)7-10(11)12(18)19/h3-4,7,16H,2,5-6,8H2,1H3,(H,17,20)(H,18,19). The van der Waals surface area contributed by atoms with Crippen molar-refractivity contribution in [3.8, 4) is 0 Å². The van der Waals surface area contributed by atoms with Crippen LogP contribution in [0.25, 0.3) is 0 Å². The number of rotatable bonds is 4. The molecule has 1 aromatic rings. The van der Waals surface area contributed by atoms with Crippen molar-refractivity contribution in [2.45, 2.75) is 19.8 Å². The molecule has 1 amide bonds. The van der Waals surface area contributed by atoms with E-state index in [2.05, 4.69) is 33.2 Å². The zero-order valence-corrected chi connectivity index (χ0v) is 13.4. The van der Waals surface area contributed by atoms with Gasteiger partial charge >= 0.3 is 5.97 Å². The Morgan fingerprint density at radius 2 is 2.25 bits per heavy atom. The van der Waals surface area contributed by atoms with Gasteiger partial charge in [-0.05, 0) is 60.2 Å². The van der Waals surface area contributed by atoms with Crippen molar-refractivity contribution in [3.05, 3.63) is 27.3 Å². The van der Waals surface area contributed by atoms with Crippen molar-refractivity contribution in [1.29, 1.82) is 0 Å². The molecule has 5 nitrogen and oxygen atoms in total. The number of anilines is 1. The third-order valence-corrected chi connectivity index (χ3v) is 4.53. The van der Waals surface area contributed by atoms with Crippen molar-refractivity contribution >= 4 is 40.2 Å². The Balaban J connectivity index is 2.25. The number of carbonyl (C=O) groups excluding carboxylic acids is 1. The van der Waals surface area contributed by atoms with E-state index in [4.69, 9.17) is 0 Å². The molecule has 0 saturated carbocycles. The molecule has 0 aliphatic carbocycles. The number of halogens is 1. The normalized spacial score (nSPS) is 21.7. The van der Waals surface area contributed by atoms with Crippen molar-refractivity contribution in [2.75, 3.05) is 18.4 Å². The van der Waals surface area contributed by atoms with E-state index in [1.165, 1.54) is 0 Å². The molecular formula is C14H17IN2O3. The van der Waals surface area contributed by atoms with E-state index >= 15 is 0 Å². The minimum atomic E-state index is -1.03. The lowest BCUT2D eigenvalue weighted by Gasteiger charge is -2.25. The second-order valence-electron chi connectivity index (χ2n) is 5.01. The van der Waals surface area contributed by atoms with Gasteiger partial charge in [-0.3, -0.25) is 4.79 Å². The van der Waals surface area contributed by atoms with E-state index in [-0.39, 0.29) is 11.5 Å². The summed E-state index contributed by atoms with van der Waals surface area (Å²) in [6.45, 7) is 3.44. The average molecular weight is 388 g/mol. The lowest BCUT2D eigenvalue weighted by atomic mass is 9.83. The third kappa shape index (κ3) is 2.95. The van der Waals surface area contributed by atoms with Crippen LogP contribution in [0.3, 0.4) is 0 Å². The van der Waals surface area contributed by atoms with Crippen molar-refractivity contribution in [1.82, 2.24) is 5.32 Å². The monoisotopic (exact) mass is 388 g/mol. The van der Waals surface area contributed by atoms with E-state index in [1.807, 2.05) is 6.92 Å². The predicted octanol–water partition coefficient (Wildman–Crippen LogP) is 2.32. The highest BCUT2D eigenvalue weighted by molar-refractivity contribution is 14.1. The first kappa shape index (κ1) is 15.2. The van der Waals surface area contributed by atoms with Gasteiger partial charge in [-0.2, -0.15) is 0 Å². The topological polar surface area (TPSA) is 78.4 Å². The van der Waals surface area contributed by atoms with Gasteiger partial charge in [0.05, 0.1) is 16.7 Å². The Hall–Kier alpha value is -1.15. The van der Waals surface area contributed by atoms with E-state index in [1.54, 1.807) is 18.2 Å². The second-order valence-corrected chi connectivity index (χ2v) is 6.26. The van der Waals surface area contributed by atoms with E-state index in [0.29, 0.717) is 12.2 Å². The van der Waals surface area contributed by atoms with Gasteiger partial charge in [-0.25, -0.2) is 4.79 Å². The van der Waals surface area contributed by atoms with Gasteiger partial charge in [0.15, 0.2) is 0 Å². The van der Waals surface area contributed by atoms with Crippen LogP contribution < -0.4 is 10.6 Å². The lowest BCUT2D eigenvalue weighted by Crippen LogP contribution is -2.37. The van der Waals surface area contributed by atoms with Crippen LogP contribution in [0.5, 0.6) is 0 Å². The van der Waals surface area contributed by atoms with Crippen LogP contribution in [0.1, 0.15) is 30.1 Å². The summed E-state index contributed by atoms with van der Waals surface area (Å²) in [6.07, 6.45) is 1.51. The number of carbonyl (C=O) groups is 2. The van der Waals surface area contributed by atoms with Gasteiger partial charge in [0.1, 0.15) is 0 Å². The van der Waals surface area contributed by atoms with Crippen LogP contribution >= 0.6 is 22.6 Å². The molecule has 1 fully saturated rings. The fourth-order valence-corrected chi connectivity index (χ4v) is 2.95. The molecule has 0 spiro atoms. The summed E-state index contributed by atoms with van der Waals surface area (Å²) in [4.78, 5) is 23.7. The molecule has 2 rings (SSSR count). The summed E-state index contributed by atoms with van der Waals surface area (Å²) >= 11 is 2.05. The molecule has 1 unspecified atom stereocenters. The van der Waals surface area contributed by atoms with Crippen LogP contribution in [-0.2, 0) is 4.79 Å². The molecule has 0 bridgehead atoms. The second kappa shape index (κ2) is 6.09. The van der Waals surface area contributed by atoms with Gasteiger partial charge in [0.2, 0.25) is 5.91 Å². The first-order valence-corrected chi connectivity index (χ1v) is 7.61. The summed E-state index contributed by atoms with van der Waals surface area (Å²) in [5.41, 5.74) is 0.0591. The minimum Gasteiger partial charge on any atom is -0.478 e. The molecular weight excluding hydrogens is 371 g/mol. The molecule has 1 aliphatic rings. The largest absolute Gasteiger partial charge is 0.478 e. The molecule has 1 atom stereocenters. The smallest absolute Gasteiger partial charge is 0.337 e. The molecule has 6 heteroatoms. The molecule has 20 heavy (non-hydrogen) atoms. The minimum absolute atomic E-state index is 0.103. The molecule has 0 radical (unpaired) electrons. The highest BCUT2D eigenvalue weighted by Gasteiger charge is 2.39. The Kier molecular flexibility index (Phi) is 4.64. The fourth-order valence-electron chi connectivity index (χ4n) is 2.46. The number of hydrogen-bond donors (Lipinski definition) is 3. The third-order valence-electron chi connectivity index (χ3n) is 3.86. The van der Waals surface area contributed by atoms with Gasteiger partial charge in [-0.15, -0.1) is 0 Å². The van der Waals surface area contributed by atoms with Crippen LogP contribution in [0.2, 0.25) is 0 Å². The average Bonchev–Trinajstić information content (AvgIpc) is 2.90. The fraction of sp³-hybridized carbons (Fsp3) is 0.429. The molecule has 1 heterocycles. The highest BCUT2D eigenvalue weighted by atomic mass is 127. The van der Waals surface area contributed by atoms with Crippen molar-refractivity contribution in [2.24, 2.45) is 5.41 Å². The zero-order valence-electron chi connectivity index (χ0n) is 11.2. The summed E-state index contributed by atoms with van der Waals surface area (Å²) in [5.74, 6) is -1.14. The lowest BCUT2D eigenvalue weighted by molar-refractivity contribution is -0.124. The molecule has 108 valence electrons. The Morgan fingerprint density at radius 1 is 1.50 bits per heavy atom. The number of amides is 1. The summed E-state index contributed by atoms with van der Waals surface area (Å²) in [7, 11) is 0. The molecule has 1 saturated heterocycles. The number of hydrogen-bond acceptors (Lipinski definition) is 3. The maximum atomic E-state index is 12.5. The van der Waals surface area contributed by atoms with Crippen LogP contribution in [0.15, 0.2) is 18.2 Å². The maximum Gasteiger partial charge on any atom is 0.337 e. The quantitative estimate of drug-likeness (QED) is 0.692. The first-order chi connectivity index (χ1) is 9.48. The molecule has 1 aliphatic heterocycles. The number of benzene rings is 1. The summed E-state index contributed by atoms with van der Waals surface area (Å²) in [5, 5.41) is 15.2. The van der Waals surface area contributed by atoms with Gasteiger partial charge < -0.3 is 15.7 Å². The van der Waals surface area contributed by atoms with Crippen LogP contribution in [-0.4, -0.2) is 30.1 Å². The predicted molar refractivity (Wildman–Crippen MR) is 85.0 cm³/mol. The van der Waals surface area contributed by atoms with Crippen molar-refractivity contribution < 1.29 is 14.7 Å². The Labute approximate surface area is 131 Å². The van der Waals surface area contributed by atoms with Gasteiger partial charge in [0.25, 0.3) is 0 Å². The summed E-state index contributed by atoms with van der Waals surface area (Å²) in [6, 6.07) is 4.99. The first-order valence-electron chi connectivity index (χ1n) is 6.53. The van der Waals surface area contributed by atoms with Crippen molar-refractivity contribution in [3.63, 3.8) is 0 Å². The van der Waals surface area contributed by atoms with Gasteiger partial charge in [0, 0.05) is 10.1 Å². The van der Waals surface area contributed by atoms with E-state index in [0.717, 1.165) is 23.0 Å². The van der Waals surface area contributed by atoms with E-state index in [9.17, 15) is 14.7 Å². The number of carboxylic acids is 1. The Bertz CT molecular complexity index is 539. The highest BCUT2D eigenvalue weighted by Crippen LogP contribution is 2.31. The van der Waals surface area contributed by atoms with Gasteiger partial charge in [-0.1, -0.05) is 6.92 Å². The Morgan fingerprint density at radius 3 is 2.80 bits per heavy atom. The molecule has 1 aromatic carbocycles. The molecule has 0 aromatic heterocycles. The van der Waals surface area contributed by atoms with Crippen LogP contribution in [0, 0.1) is 8.99 Å². The molecule has 3 N–H and O–H groups in total. The SMILES string of the molecule is CCC1(C(=O)Nc2ccc(I)cc2C(=O)O)CCNC1. The number of aromatic carboxylic acids is 1. The zero-order chi connectivity index (χ0) is 14.8. The number of carboxylic acid groups (broad SMARTS) is 1. The van der Waals surface area contributed by atoms with Crippen LogP contribution in [0.4, 0.5) is 5.69 Å².